The van der Waals surface area contributed by atoms with Crippen molar-refractivity contribution in [3.05, 3.63) is 95.6 Å². The summed E-state index contributed by atoms with van der Waals surface area (Å²) in [5.74, 6) is -0.0854. The number of halogens is 2. The van der Waals surface area contributed by atoms with Crippen LogP contribution in [-0.2, 0) is 0 Å². The molecule has 0 radical (unpaired) electrons. The number of rotatable bonds is 6. The van der Waals surface area contributed by atoms with Crippen LogP contribution in [-0.4, -0.2) is 35.7 Å². The van der Waals surface area contributed by atoms with Crippen LogP contribution in [0.4, 0.5) is 20.2 Å². The maximum absolute atomic E-state index is 13.5. The molecule has 2 aliphatic heterocycles. The molecule has 3 atom stereocenters. The number of anilines is 2. The van der Waals surface area contributed by atoms with Gasteiger partial charge in [-0.25, -0.2) is 8.78 Å². The third-order valence-corrected chi connectivity index (χ3v) is 6.90. The highest BCUT2D eigenvalue weighted by Gasteiger charge is 2.42. The molecule has 1 fully saturated rings. The molecule has 3 aromatic rings. The Bertz CT molecular complexity index is 1050. The molecule has 5 heteroatoms. The van der Waals surface area contributed by atoms with Crippen molar-refractivity contribution in [1.82, 2.24) is 4.90 Å². The first-order valence-electron chi connectivity index (χ1n) is 11.4. The van der Waals surface area contributed by atoms with Crippen LogP contribution in [0.25, 0.3) is 0 Å². The molecule has 3 aromatic carbocycles. The maximum atomic E-state index is 13.5. The molecule has 0 saturated carbocycles. The van der Waals surface area contributed by atoms with Crippen molar-refractivity contribution in [2.75, 3.05) is 24.5 Å². The van der Waals surface area contributed by atoms with E-state index in [0.717, 1.165) is 43.7 Å². The molecule has 0 bridgehead atoms. The predicted molar refractivity (Wildman–Crippen MR) is 123 cm³/mol. The summed E-state index contributed by atoms with van der Waals surface area (Å²) in [6, 6.07) is 21.9. The number of aliphatic hydroxyl groups is 1. The third-order valence-electron chi connectivity index (χ3n) is 6.90. The van der Waals surface area contributed by atoms with Crippen molar-refractivity contribution in [3.63, 3.8) is 0 Å². The topological polar surface area (TPSA) is 26.7 Å². The van der Waals surface area contributed by atoms with E-state index in [1.54, 1.807) is 12.1 Å². The minimum absolute atomic E-state index is 0.213. The molecule has 32 heavy (non-hydrogen) atoms. The van der Waals surface area contributed by atoms with E-state index in [1.165, 1.54) is 35.5 Å². The summed E-state index contributed by atoms with van der Waals surface area (Å²) in [6.45, 7) is 2.91. The number of nitrogens with zero attached hydrogens (tertiary/aromatic N) is 2. The SMILES string of the molecule is OC(CCCN1CC[C@@H]2[C@@H](C1)c1ccccc1N2c1ccc(F)cc1)c1ccc(F)cc1. The summed E-state index contributed by atoms with van der Waals surface area (Å²) in [5.41, 5.74) is 4.40. The van der Waals surface area contributed by atoms with Gasteiger partial charge in [-0.15, -0.1) is 0 Å². The lowest BCUT2D eigenvalue weighted by atomic mass is 9.89. The fourth-order valence-corrected chi connectivity index (χ4v) is 5.32. The number of benzene rings is 3. The quantitative estimate of drug-likeness (QED) is 0.532. The van der Waals surface area contributed by atoms with Crippen molar-refractivity contribution in [2.24, 2.45) is 0 Å². The largest absolute Gasteiger partial charge is 0.388 e. The molecular weight excluding hydrogens is 406 g/mol. The van der Waals surface area contributed by atoms with Gasteiger partial charge >= 0.3 is 0 Å². The van der Waals surface area contributed by atoms with Crippen LogP contribution in [0.5, 0.6) is 0 Å². The van der Waals surface area contributed by atoms with Gasteiger partial charge in [-0.1, -0.05) is 30.3 Å². The lowest BCUT2D eigenvalue weighted by molar-refractivity contribution is 0.145. The highest BCUT2D eigenvalue weighted by Crippen LogP contribution is 2.48. The first-order valence-corrected chi connectivity index (χ1v) is 11.4. The second-order valence-electron chi connectivity index (χ2n) is 8.88. The Balaban J connectivity index is 1.24. The van der Waals surface area contributed by atoms with Gasteiger partial charge in [0.2, 0.25) is 0 Å². The summed E-state index contributed by atoms with van der Waals surface area (Å²) >= 11 is 0. The number of likely N-dealkylation sites (tertiary alicyclic amines) is 1. The molecule has 5 rings (SSSR count). The minimum Gasteiger partial charge on any atom is -0.388 e. The lowest BCUT2D eigenvalue weighted by Gasteiger charge is -2.39. The van der Waals surface area contributed by atoms with E-state index in [0.29, 0.717) is 18.4 Å². The number of aliphatic hydroxyl groups excluding tert-OH is 1. The smallest absolute Gasteiger partial charge is 0.123 e. The molecule has 1 N–H and O–H groups in total. The van der Waals surface area contributed by atoms with Crippen molar-refractivity contribution in [2.45, 2.75) is 37.3 Å². The molecule has 2 aliphatic rings. The normalized spacial score (nSPS) is 21.3. The standard InChI is InChI=1S/C27H28F2N2O/c28-20-9-7-19(8-10-20)27(32)6-3-16-30-17-15-26-24(18-30)23-4-1-2-5-25(23)31(26)22-13-11-21(29)12-14-22/h1-2,4-5,7-14,24,26-27,32H,3,6,15-18H2/t24-,26+,27?/m0/s1. The van der Waals surface area contributed by atoms with Crippen LogP contribution in [0, 0.1) is 11.6 Å². The number of piperidine rings is 1. The summed E-state index contributed by atoms with van der Waals surface area (Å²) in [6.07, 6.45) is 2.03. The van der Waals surface area contributed by atoms with Gasteiger partial charge in [0.15, 0.2) is 0 Å². The molecule has 1 saturated heterocycles. The Kier molecular flexibility index (Phi) is 5.94. The van der Waals surface area contributed by atoms with E-state index in [4.69, 9.17) is 0 Å². The van der Waals surface area contributed by atoms with E-state index in [1.807, 2.05) is 12.1 Å². The molecule has 2 heterocycles. The predicted octanol–water partition coefficient (Wildman–Crippen LogP) is 5.79. The first kappa shape index (κ1) is 21.1. The Morgan fingerprint density at radius 1 is 0.906 bits per heavy atom. The van der Waals surface area contributed by atoms with Crippen LogP contribution in [0.1, 0.15) is 42.4 Å². The van der Waals surface area contributed by atoms with Crippen molar-refractivity contribution in [3.8, 4) is 0 Å². The lowest BCUT2D eigenvalue weighted by Crippen LogP contribution is -2.45. The minimum atomic E-state index is -0.561. The van der Waals surface area contributed by atoms with Crippen molar-refractivity contribution in [1.29, 1.82) is 0 Å². The van der Waals surface area contributed by atoms with E-state index in [2.05, 4.69) is 34.1 Å². The van der Waals surface area contributed by atoms with Crippen LogP contribution < -0.4 is 4.90 Å². The second-order valence-corrected chi connectivity index (χ2v) is 8.88. The molecule has 0 aliphatic carbocycles. The van der Waals surface area contributed by atoms with Crippen LogP contribution in [0.3, 0.4) is 0 Å². The molecule has 1 unspecified atom stereocenters. The first-order chi connectivity index (χ1) is 15.6. The van der Waals surface area contributed by atoms with E-state index >= 15 is 0 Å². The molecular formula is C27H28F2N2O. The van der Waals surface area contributed by atoms with Gasteiger partial charge in [0.25, 0.3) is 0 Å². The maximum Gasteiger partial charge on any atom is 0.123 e. The van der Waals surface area contributed by atoms with Gasteiger partial charge < -0.3 is 14.9 Å². The number of para-hydroxylation sites is 1. The number of hydrogen-bond donors (Lipinski definition) is 1. The van der Waals surface area contributed by atoms with E-state index in [9.17, 15) is 13.9 Å². The molecule has 0 aromatic heterocycles. The summed E-state index contributed by atoms with van der Waals surface area (Å²) in [5, 5.41) is 10.4. The van der Waals surface area contributed by atoms with Crippen molar-refractivity contribution >= 4 is 11.4 Å². The zero-order valence-electron chi connectivity index (χ0n) is 18.0. The number of hydrogen-bond acceptors (Lipinski definition) is 3. The molecule has 0 spiro atoms. The zero-order valence-corrected chi connectivity index (χ0v) is 18.0. The zero-order chi connectivity index (χ0) is 22.1. The van der Waals surface area contributed by atoms with Gasteiger partial charge in [0.1, 0.15) is 11.6 Å². The fraction of sp³-hybridized carbons (Fsp3) is 0.333. The molecule has 166 valence electrons. The van der Waals surface area contributed by atoms with Crippen LogP contribution in [0.15, 0.2) is 72.8 Å². The van der Waals surface area contributed by atoms with Gasteiger partial charge in [-0.2, -0.15) is 0 Å². The van der Waals surface area contributed by atoms with Gasteiger partial charge in [0, 0.05) is 36.4 Å². The molecule has 0 amide bonds. The van der Waals surface area contributed by atoms with Gasteiger partial charge in [0.05, 0.1) is 6.10 Å². The van der Waals surface area contributed by atoms with Crippen molar-refractivity contribution < 1.29 is 13.9 Å². The highest BCUT2D eigenvalue weighted by atomic mass is 19.1. The van der Waals surface area contributed by atoms with E-state index in [-0.39, 0.29) is 11.6 Å². The van der Waals surface area contributed by atoms with Crippen LogP contribution >= 0.6 is 0 Å². The average molecular weight is 435 g/mol. The Morgan fingerprint density at radius 2 is 1.59 bits per heavy atom. The molecule has 3 nitrogen and oxygen atoms in total. The van der Waals surface area contributed by atoms with E-state index < -0.39 is 6.10 Å². The Hall–Kier alpha value is -2.76. The average Bonchev–Trinajstić information content (AvgIpc) is 3.14. The third kappa shape index (κ3) is 4.15. The van der Waals surface area contributed by atoms with Gasteiger partial charge in [-0.3, -0.25) is 0 Å². The van der Waals surface area contributed by atoms with Crippen LogP contribution in [0.2, 0.25) is 0 Å². The number of fused-ring (bicyclic) bond motifs is 3. The second kappa shape index (κ2) is 9.00. The monoisotopic (exact) mass is 434 g/mol. The van der Waals surface area contributed by atoms with Gasteiger partial charge in [-0.05, 0) is 79.4 Å². The summed E-state index contributed by atoms with van der Waals surface area (Å²) < 4.78 is 26.6. The fourth-order valence-electron chi connectivity index (χ4n) is 5.32. The summed E-state index contributed by atoms with van der Waals surface area (Å²) in [7, 11) is 0. The highest BCUT2D eigenvalue weighted by molar-refractivity contribution is 5.73. The Labute approximate surface area is 187 Å². The Morgan fingerprint density at radius 3 is 2.34 bits per heavy atom. The summed E-state index contributed by atoms with van der Waals surface area (Å²) in [4.78, 5) is 4.87.